The molecule has 0 saturated carbocycles. The summed E-state index contributed by atoms with van der Waals surface area (Å²) >= 11 is 0. The number of aryl methyl sites for hydroxylation is 2. The number of anilines is 1. The van der Waals surface area contributed by atoms with Gasteiger partial charge in [0.25, 0.3) is 0 Å². The molecule has 7 nitrogen and oxygen atoms in total. The number of aliphatic hydroxyl groups is 2. The second-order valence-corrected chi connectivity index (χ2v) is 8.77. The van der Waals surface area contributed by atoms with Crippen molar-refractivity contribution in [2.75, 3.05) is 11.4 Å². The van der Waals surface area contributed by atoms with E-state index in [1.54, 1.807) is 4.90 Å². The molecule has 3 heterocycles. The van der Waals surface area contributed by atoms with Crippen LogP contribution in [-0.2, 0) is 23.1 Å². The number of rotatable bonds is 3. The molecule has 29 heavy (non-hydrogen) atoms. The fourth-order valence-corrected chi connectivity index (χ4v) is 4.91. The Kier molecular flexibility index (Phi) is 3.92. The quantitative estimate of drug-likeness (QED) is 0.513. The molecule has 3 aromatic rings. The topological polar surface area (TPSA) is 105 Å². The molecule has 152 valence electrons. The van der Waals surface area contributed by atoms with Gasteiger partial charge >= 0.3 is 0 Å². The second kappa shape index (κ2) is 6.18. The average Bonchev–Trinajstić information content (AvgIpc) is 3.21. The van der Waals surface area contributed by atoms with Crippen molar-refractivity contribution < 1.29 is 15.0 Å². The number of fused-ring (bicyclic) bond motifs is 6. The molecule has 1 aromatic carbocycles. The van der Waals surface area contributed by atoms with E-state index in [2.05, 4.69) is 34.2 Å². The van der Waals surface area contributed by atoms with Gasteiger partial charge in [-0.1, -0.05) is 0 Å². The molecular formula is C22H26N4O3. The fourth-order valence-electron chi connectivity index (χ4n) is 4.91. The van der Waals surface area contributed by atoms with Crippen molar-refractivity contribution in [1.29, 1.82) is 0 Å². The Bertz CT molecular complexity index is 1140. The normalized spacial score (nSPS) is 17.6. The zero-order valence-corrected chi connectivity index (χ0v) is 17.0. The summed E-state index contributed by atoms with van der Waals surface area (Å²) < 4.78 is 0. The van der Waals surface area contributed by atoms with Gasteiger partial charge in [0.05, 0.1) is 11.1 Å². The number of nitrogens with zero attached hydrogens (tertiary/aromatic N) is 2. The smallest absolute Gasteiger partial charge is 0.237 e. The predicted molar refractivity (Wildman–Crippen MR) is 111 cm³/mol. The van der Waals surface area contributed by atoms with E-state index in [0.717, 1.165) is 58.5 Å². The Morgan fingerprint density at radius 3 is 2.76 bits per heavy atom. The lowest BCUT2D eigenvalue weighted by Crippen LogP contribution is -2.37. The Labute approximate surface area is 168 Å². The van der Waals surface area contributed by atoms with E-state index in [4.69, 9.17) is 0 Å². The zero-order chi connectivity index (χ0) is 20.5. The van der Waals surface area contributed by atoms with Gasteiger partial charge in [-0.05, 0) is 63.3 Å². The number of H-pyrrole nitrogens is 2. The maximum atomic E-state index is 13.0. The number of aromatic nitrogens is 3. The van der Waals surface area contributed by atoms with Gasteiger partial charge in [-0.3, -0.25) is 9.89 Å². The number of amides is 1. The van der Waals surface area contributed by atoms with Crippen LogP contribution < -0.4 is 4.90 Å². The second-order valence-electron chi connectivity index (χ2n) is 8.77. The van der Waals surface area contributed by atoms with E-state index in [1.807, 2.05) is 13.8 Å². The molecule has 0 bridgehead atoms. The lowest BCUT2D eigenvalue weighted by molar-refractivity contribution is -0.122. The van der Waals surface area contributed by atoms with Crippen LogP contribution in [0.2, 0.25) is 0 Å². The highest BCUT2D eigenvalue weighted by molar-refractivity contribution is 6.10. The van der Waals surface area contributed by atoms with E-state index in [-0.39, 0.29) is 18.9 Å². The summed E-state index contributed by atoms with van der Waals surface area (Å²) in [6.45, 7) is 6.21. The van der Waals surface area contributed by atoms with Gasteiger partial charge in [0.2, 0.25) is 5.91 Å². The van der Waals surface area contributed by atoms with Gasteiger partial charge in [-0.15, -0.1) is 0 Å². The molecule has 5 rings (SSSR count). The lowest BCUT2D eigenvalue weighted by atomic mass is 9.85. The molecule has 0 fully saturated rings. The van der Waals surface area contributed by atoms with E-state index < -0.39 is 11.7 Å². The summed E-state index contributed by atoms with van der Waals surface area (Å²) in [5.74, 6) is -0.00268. The standard InChI is InChI=1S/C22H26N4O3/c1-11-12-5-4-6-13-14-9-17-15(10-16(14)23-19(13)20(12)25-24-11)22(2,3)21(29)26(17)8-7-18(27)28/h9-10,18,23,27-28H,4-8H2,1-3H3,(H,24,25). The molecule has 0 atom stereocenters. The Balaban J connectivity index is 1.70. The molecule has 0 spiro atoms. The number of aromatic amines is 2. The van der Waals surface area contributed by atoms with Crippen molar-refractivity contribution in [2.24, 2.45) is 0 Å². The summed E-state index contributed by atoms with van der Waals surface area (Å²) in [6, 6.07) is 4.19. The molecule has 0 unspecified atom stereocenters. The molecule has 4 N–H and O–H groups in total. The van der Waals surface area contributed by atoms with Crippen molar-refractivity contribution in [1.82, 2.24) is 15.2 Å². The van der Waals surface area contributed by atoms with Crippen molar-refractivity contribution in [2.45, 2.75) is 58.2 Å². The van der Waals surface area contributed by atoms with Crippen LogP contribution in [-0.4, -0.2) is 44.1 Å². The van der Waals surface area contributed by atoms with Crippen LogP contribution >= 0.6 is 0 Å². The number of carbonyl (C=O) groups is 1. The molecule has 7 heteroatoms. The van der Waals surface area contributed by atoms with Crippen molar-refractivity contribution in [3.8, 4) is 11.4 Å². The summed E-state index contributed by atoms with van der Waals surface area (Å²) in [5.41, 5.74) is 7.92. The number of hydrogen-bond acceptors (Lipinski definition) is 4. The molecule has 2 aliphatic rings. The third-order valence-corrected chi connectivity index (χ3v) is 6.54. The molecule has 0 radical (unpaired) electrons. The summed E-state index contributed by atoms with van der Waals surface area (Å²) in [7, 11) is 0. The number of carbonyl (C=O) groups excluding carboxylic acids is 1. The van der Waals surface area contributed by atoms with Crippen LogP contribution in [0.4, 0.5) is 5.69 Å². The Morgan fingerprint density at radius 2 is 2.00 bits per heavy atom. The monoisotopic (exact) mass is 394 g/mol. The number of hydrogen-bond donors (Lipinski definition) is 4. The average molecular weight is 394 g/mol. The third-order valence-electron chi connectivity index (χ3n) is 6.54. The number of nitrogens with one attached hydrogen (secondary N) is 2. The first-order valence-corrected chi connectivity index (χ1v) is 10.2. The van der Waals surface area contributed by atoms with Gasteiger partial charge in [0.15, 0.2) is 6.29 Å². The SMILES string of the molecule is Cc1[nH]nc2c1CCCc1c-2[nH]c2cc3c(cc12)N(CCC(O)O)C(=O)C3(C)C. The molecule has 1 aliphatic carbocycles. The van der Waals surface area contributed by atoms with Gasteiger partial charge < -0.3 is 20.1 Å². The van der Waals surface area contributed by atoms with E-state index in [1.165, 1.54) is 11.1 Å². The first kappa shape index (κ1) is 18.4. The van der Waals surface area contributed by atoms with Crippen LogP contribution in [0.3, 0.4) is 0 Å². The minimum absolute atomic E-state index is 0.00268. The zero-order valence-electron chi connectivity index (χ0n) is 17.0. The molecular weight excluding hydrogens is 368 g/mol. The van der Waals surface area contributed by atoms with Crippen LogP contribution in [0.5, 0.6) is 0 Å². The first-order valence-electron chi connectivity index (χ1n) is 10.2. The van der Waals surface area contributed by atoms with Crippen molar-refractivity contribution >= 4 is 22.5 Å². The maximum Gasteiger partial charge on any atom is 0.237 e. The summed E-state index contributed by atoms with van der Waals surface area (Å²) in [6.07, 6.45) is 1.70. The highest BCUT2D eigenvalue weighted by atomic mass is 16.5. The molecule has 1 aliphatic heterocycles. The fraction of sp³-hybridized carbons (Fsp3) is 0.455. The van der Waals surface area contributed by atoms with Crippen LogP contribution in [0.15, 0.2) is 12.1 Å². The lowest BCUT2D eigenvalue weighted by Gasteiger charge is -2.20. The van der Waals surface area contributed by atoms with Gasteiger partial charge in [0, 0.05) is 40.8 Å². The number of aliphatic hydroxyl groups excluding tert-OH is 1. The van der Waals surface area contributed by atoms with E-state index >= 15 is 0 Å². The predicted octanol–water partition coefficient (Wildman–Crippen LogP) is 2.68. The third kappa shape index (κ3) is 2.57. The van der Waals surface area contributed by atoms with Crippen LogP contribution in [0.1, 0.15) is 49.1 Å². The summed E-state index contributed by atoms with van der Waals surface area (Å²) in [5, 5.41) is 27.4. The minimum Gasteiger partial charge on any atom is -0.368 e. The minimum atomic E-state index is -1.43. The highest BCUT2D eigenvalue weighted by Crippen LogP contribution is 2.46. The van der Waals surface area contributed by atoms with Gasteiger partial charge in [0.1, 0.15) is 5.69 Å². The summed E-state index contributed by atoms with van der Waals surface area (Å²) in [4.78, 5) is 18.3. The first-order chi connectivity index (χ1) is 13.8. The largest absolute Gasteiger partial charge is 0.368 e. The van der Waals surface area contributed by atoms with Crippen molar-refractivity contribution in [3.05, 3.63) is 34.5 Å². The number of benzene rings is 1. The molecule has 1 amide bonds. The Hall–Kier alpha value is -2.64. The van der Waals surface area contributed by atoms with Crippen molar-refractivity contribution in [3.63, 3.8) is 0 Å². The molecule has 2 aromatic heterocycles. The van der Waals surface area contributed by atoms with Gasteiger partial charge in [-0.25, -0.2) is 0 Å². The van der Waals surface area contributed by atoms with Crippen LogP contribution in [0, 0.1) is 6.92 Å². The maximum absolute atomic E-state index is 13.0. The van der Waals surface area contributed by atoms with Gasteiger partial charge in [-0.2, -0.15) is 5.10 Å². The van der Waals surface area contributed by atoms with E-state index in [9.17, 15) is 15.0 Å². The Morgan fingerprint density at radius 1 is 1.24 bits per heavy atom. The molecule has 0 saturated heterocycles. The van der Waals surface area contributed by atoms with E-state index in [0.29, 0.717) is 0 Å². The highest BCUT2D eigenvalue weighted by Gasteiger charge is 2.44. The van der Waals surface area contributed by atoms with Crippen LogP contribution in [0.25, 0.3) is 22.3 Å².